The van der Waals surface area contributed by atoms with Gasteiger partial charge in [0, 0.05) is 22.0 Å². The smallest absolute Gasteiger partial charge is 0.285 e. The molecule has 0 saturated carbocycles. The first-order chi connectivity index (χ1) is 11.5. The van der Waals surface area contributed by atoms with Crippen LogP contribution in [0.5, 0.6) is 0 Å². The molecule has 0 spiro atoms. The predicted octanol–water partition coefficient (Wildman–Crippen LogP) is 3.26. The first-order valence-electron chi connectivity index (χ1n) is 7.18. The van der Waals surface area contributed by atoms with E-state index in [0.29, 0.717) is 32.8 Å². The Balaban J connectivity index is 2.25. The highest BCUT2D eigenvalue weighted by atomic mass is 16.6. The van der Waals surface area contributed by atoms with Crippen LogP contribution in [0.3, 0.4) is 0 Å². The van der Waals surface area contributed by atoms with Crippen LogP contribution < -0.4 is 5.73 Å². The van der Waals surface area contributed by atoms with Crippen LogP contribution in [0.2, 0.25) is 0 Å². The summed E-state index contributed by atoms with van der Waals surface area (Å²) < 4.78 is 0. The van der Waals surface area contributed by atoms with Gasteiger partial charge >= 0.3 is 0 Å². The molecule has 6 nitrogen and oxygen atoms in total. The molecule has 2 N–H and O–H groups in total. The zero-order valence-electron chi connectivity index (χ0n) is 12.3. The van der Waals surface area contributed by atoms with Gasteiger partial charge in [-0.1, -0.05) is 24.3 Å². The molecule has 0 aromatic heterocycles. The third-order valence-electron chi connectivity index (χ3n) is 4.27. The van der Waals surface area contributed by atoms with Crippen molar-refractivity contribution in [3.05, 3.63) is 63.7 Å². The second-order valence-corrected chi connectivity index (χ2v) is 5.58. The lowest BCUT2D eigenvalue weighted by atomic mass is 9.89. The van der Waals surface area contributed by atoms with Crippen LogP contribution in [0.1, 0.15) is 15.9 Å². The Morgan fingerprint density at radius 2 is 1.62 bits per heavy atom. The number of nitrogen functional groups attached to an aromatic ring is 1. The van der Waals surface area contributed by atoms with Gasteiger partial charge in [0.25, 0.3) is 5.69 Å². The van der Waals surface area contributed by atoms with E-state index in [-0.39, 0.29) is 11.3 Å². The highest BCUT2D eigenvalue weighted by molar-refractivity contribution is 6.50. The summed E-state index contributed by atoms with van der Waals surface area (Å²) in [6.45, 7) is 0. The first kappa shape index (κ1) is 14.1. The van der Waals surface area contributed by atoms with Crippen LogP contribution in [-0.2, 0) is 4.79 Å². The number of nitro benzene ring substituents is 1. The Kier molecular flexibility index (Phi) is 2.77. The molecule has 0 fully saturated rings. The van der Waals surface area contributed by atoms with E-state index < -0.39 is 16.5 Å². The highest BCUT2D eigenvalue weighted by Crippen LogP contribution is 2.41. The van der Waals surface area contributed by atoms with Gasteiger partial charge in [0.1, 0.15) is 0 Å². The molecule has 3 aromatic rings. The normalized spacial score (nSPS) is 13.5. The number of allylic oxidation sites excluding steroid dienone is 1. The van der Waals surface area contributed by atoms with Crippen molar-refractivity contribution in [2.75, 3.05) is 5.73 Å². The number of carbonyl (C=O) groups excluding carboxylic acids is 2. The Morgan fingerprint density at radius 3 is 2.33 bits per heavy atom. The number of ketones is 2. The molecule has 0 heterocycles. The Bertz CT molecular complexity index is 1130. The predicted molar refractivity (Wildman–Crippen MR) is 90.9 cm³/mol. The lowest BCUT2D eigenvalue weighted by Crippen LogP contribution is -2.16. The second kappa shape index (κ2) is 4.73. The molecule has 3 aromatic carbocycles. The number of nitrogens with two attached hydrogens (primary N) is 1. The molecular weight excluding hydrogens is 308 g/mol. The Morgan fingerprint density at radius 1 is 0.917 bits per heavy atom. The monoisotopic (exact) mass is 318 g/mol. The van der Waals surface area contributed by atoms with Crippen molar-refractivity contribution in [2.45, 2.75) is 0 Å². The van der Waals surface area contributed by atoms with E-state index in [1.807, 2.05) is 0 Å². The minimum absolute atomic E-state index is 0.0599. The van der Waals surface area contributed by atoms with Crippen molar-refractivity contribution in [1.29, 1.82) is 0 Å². The number of benzene rings is 3. The number of nitro groups is 1. The number of rotatable bonds is 1. The number of carbonyl (C=O) groups is 2. The highest BCUT2D eigenvalue weighted by Gasteiger charge is 2.26. The average molecular weight is 318 g/mol. The minimum atomic E-state index is -0.635. The van der Waals surface area contributed by atoms with Crippen molar-refractivity contribution in [2.24, 2.45) is 0 Å². The Hall–Kier alpha value is -3.54. The third-order valence-corrected chi connectivity index (χ3v) is 4.27. The van der Waals surface area contributed by atoms with Gasteiger partial charge in [0.15, 0.2) is 0 Å². The average Bonchev–Trinajstić information content (AvgIpc) is 2.57. The molecule has 0 bridgehead atoms. The van der Waals surface area contributed by atoms with Gasteiger partial charge in [0.2, 0.25) is 11.6 Å². The van der Waals surface area contributed by atoms with Gasteiger partial charge in [-0.2, -0.15) is 0 Å². The maximum Gasteiger partial charge on any atom is 0.285 e. The lowest BCUT2D eigenvalue weighted by Gasteiger charge is -2.14. The Labute approximate surface area is 135 Å². The van der Waals surface area contributed by atoms with E-state index in [9.17, 15) is 19.7 Å². The largest absolute Gasteiger partial charge is 0.398 e. The van der Waals surface area contributed by atoms with Crippen molar-refractivity contribution in [1.82, 2.24) is 0 Å². The van der Waals surface area contributed by atoms with E-state index in [2.05, 4.69) is 0 Å². The molecule has 0 radical (unpaired) electrons. The number of anilines is 1. The summed E-state index contributed by atoms with van der Waals surface area (Å²) in [4.78, 5) is 34.9. The molecular formula is C18H10N2O4. The van der Waals surface area contributed by atoms with Crippen molar-refractivity contribution >= 4 is 50.6 Å². The molecule has 4 rings (SSSR count). The van der Waals surface area contributed by atoms with Gasteiger partial charge in [-0.3, -0.25) is 19.7 Å². The summed E-state index contributed by atoms with van der Waals surface area (Å²) in [5.41, 5.74) is 7.18. The molecule has 0 amide bonds. The quantitative estimate of drug-likeness (QED) is 0.244. The second-order valence-electron chi connectivity index (χ2n) is 5.58. The molecule has 1 aliphatic carbocycles. The molecule has 116 valence electrons. The maximum atomic E-state index is 12.1. The first-order valence-corrected chi connectivity index (χ1v) is 7.18. The molecule has 0 atom stereocenters. The van der Waals surface area contributed by atoms with Crippen LogP contribution in [0.15, 0.2) is 42.5 Å². The van der Waals surface area contributed by atoms with Crippen LogP contribution in [0, 0.1) is 10.1 Å². The number of fused-ring (bicyclic) bond motifs is 3. The number of Topliss-reactive ketones (excluding diaryl/α,β-unsaturated/α-hetero) is 1. The fourth-order valence-corrected chi connectivity index (χ4v) is 3.15. The summed E-state index contributed by atoms with van der Waals surface area (Å²) in [6.07, 6.45) is 2.67. The molecule has 0 unspecified atom stereocenters. The van der Waals surface area contributed by atoms with Crippen LogP contribution in [0.4, 0.5) is 11.4 Å². The van der Waals surface area contributed by atoms with Crippen LogP contribution in [0.25, 0.3) is 27.6 Å². The number of nitrogens with zero attached hydrogens (tertiary/aromatic N) is 1. The summed E-state index contributed by atoms with van der Waals surface area (Å²) in [6, 6.07) is 9.82. The van der Waals surface area contributed by atoms with E-state index in [1.54, 1.807) is 30.3 Å². The van der Waals surface area contributed by atoms with Gasteiger partial charge in [-0.15, -0.1) is 0 Å². The fourth-order valence-electron chi connectivity index (χ4n) is 3.15. The molecule has 0 aliphatic heterocycles. The molecule has 1 aliphatic rings. The van der Waals surface area contributed by atoms with E-state index in [1.165, 1.54) is 18.2 Å². The molecule has 6 heteroatoms. The lowest BCUT2D eigenvalue weighted by molar-refractivity contribution is -0.381. The topological polar surface area (TPSA) is 103 Å². The van der Waals surface area contributed by atoms with E-state index >= 15 is 0 Å². The summed E-state index contributed by atoms with van der Waals surface area (Å²) >= 11 is 0. The van der Waals surface area contributed by atoms with Crippen molar-refractivity contribution in [3.63, 3.8) is 0 Å². The molecule has 0 saturated heterocycles. The number of non-ortho nitro benzene ring substituents is 1. The van der Waals surface area contributed by atoms with Gasteiger partial charge in [0.05, 0.1) is 15.7 Å². The fraction of sp³-hybridized carbons (Fsp3) is 0. The summed E-state index contributed by atoms with van der Waals surface area (Å²) in [5, 5.41) is 13.4. The van der Waals surface area contributed by atoms with Crippen molar-refractivity contribution in [3.8, 4) is 0 Å². The summed E-state index contributed by atoms with van der Waals surface area (Å²) in [5.74, 6) is -1.25. The number of hydrogen-bond acceptors (Lipinski definition) is 5. The van der Waals surface area contributed by atoms with Gasteiger partial charge < -0.3 is 5.73 Å². The van der Waals surface area contributed by atoms with Crippen molar-refractivity contribution < 1.29 is 14.5 Å². The molecule has 24 heavy (non-hydrogen) atoms. The zero-order chi connectivity index (χ0) is 17.0. The third kappa shape index (κ3) is 1.77. The SMILES string of the molecule is Nc1c2ccccc2c([N+](=O)[O-])c2cc3c(cc12)C(=O)C(=O)C=C3. The van der Waals surface area contributed by atoms with Gasteiger partial charge in [-0.05, 0) is 29.8 Å². The minimum Gasteiger partial charge on any atom is -0.398 e. The standard InChI is InChI=1S/C18H10N2O4/c19-16-10-3-1-2-4-11(10)17(20(23)24)14-7-9-5-6-15(21)18(22)12(9)8-13(14)16/h1-8H,19H2. The van der Waals surface area contributed by atoms with E-state index in [0.717, 1.165) is 0 Å². The summed E-state index contributed by atoms with van der Waals surface area (Å²) in [7, 11) is 0. The maximum absolute atomic E-state index is 12.1. The number of hydrogen-bond donors (Lipinski definition) is 1. The van der Waals surface area contributed by atoms with Gasteiger partial charge in [-0.25, -0.2) is 0 Å². The zero-order valence-corrected chi connectivity index (χ0v) is 12.3. The van der Waals surface area contributed by atoms with Crippen LogP contribution >= 0.6 is 0 Å². The van der Waals surface area contributed by atoms with E-state index in [4.69, 9.17) is 5.73 Å². The van der Waals surface area contributed by atoms with Crippen LogP contribution in [-0.4, -0.2) is 16.5 Å².